The Morgan fingerprint density at radius 2 is 1.83 bits per heavy atom. The predicted octanol–water partition coefficient (Wildman–Crippen LogP) is 6.90. The van der Waals surface area contributed by atoms with Crippen molar-refractivity contribution in [3.05, 3.63) is 63.5 Å². The lowest BCUT2D eigenvalue weighted by Gasteiger charge is -2.20. The first-order chi connectivity index (χ1) is 14.3. The number of carbonyl (C=O) groups is 1. The van der Waals surface area contributed by atoms with E-state index in [0.717, 1.165) is 22.2 Å². The normalized spacial score (nSPS) is 12.1. The molecule has 3 aromatic rings. The van der Waals surface area contributed by atoms with E-state index < -0.39 is 5.97 Å². The van der Waals surface area contributed by atoms with Crippen molar-refractivity contribution >= 4 is 62.0 Å². The third-order valence-corrected chi connectivity index (χ3v) is 6.83. The van der Waals surface area contributed by atoms with Gasteiger partial charge in [-0.1, -0.05) is 56.6 Å². The largest absolute Gasteiger partial charge is 0.465 e. The Morgan fingerprint density at radius 1 is 1.17 bits per heavy atom. The number of ether oxygens (including phenoxy) is 1. The molecule has 0 aliphatic heterocycles. The standard InChI is InChI=1S/C23H25ClN2O2S2/c1-5-18(15-8-6-14(7-9-15)13(2)3)26-23(29)25-16-10-11-17-19(12-16)30-21(20(17)24)22(27)28-4/h6-13,18H,5H2,1-4H3,(H2,25,26,29). The predicted molar refractivity (Wildman–Crippen MR) is 131 cm³/mol. The molecule has 1 aromatic heterocycles. The third-order valence-electron chi connectivity index (χ3n) is 4.98. The van der Waals surface area contributed by atoms with Gasteiger partial charge >= 0.3 is 5.97 Å². The molecule has 0 amide bonds. The van der Waals surface area contributed by atoms with Crippen molar-refractivity contribution in [3.63, 3.8) is 0 Å². The Hall–Kier alpha value is -2.15. The van der Waals surface area contributed by atoms with Gasteiger partial charge in [-0.25, -0.2) is 4.79 Å². The lowest BCUT2D eigenvalue weighted by Crippen LogP contribution is -2.32. The van der Waals surface area contributed by atoms with Crippen LogP contribution in [-0.2, 0) is 4.74 Å². The monoisotopic (exact) mass is 460 g/mol. The van der Waals surface area contributed by atoms with Crippen molar-refractivity contribution in [2.45, 2.75) is 39.2 Å². The van der Waals surface area contributed by atoms with Crippen molar-refractivity contribution < 1.29 is 9.53 Å². The van der Waals surface area contributed by atoms with Gasteiger partial charge in [0.15, 0.2) is 5.11 Å². The van der Waals surface area contributed by atoms with Gasteiger partial charge < -0.3 is 15.4 Å². The Balaban J connectivity index is 1.72. The van der Waals surface area contributed by atoms with Gasteiger partial charge in [0.25, 0.3) is 0 Å². The number of thiophene rings is 1. The van der Waals surface area contributed by atoms with Gasteiger partial charge in [-0.2, -0.15) is 0 Å². The molecule has 30 heavy (non-hydrogen) atoms. The number of methoxy groups -OCH3 is 1. The van der Waals surface area contributed by atoms with Crippen molar-refractivity contribution in [2.75, 3.05) is 12.4 Å². The maximum Gasteiger partial charge on any atom is 0.349 e. The molecule has 4 nitrogen and oxygen atoms in total. The Labute approximate surface area is 191 Å². The van der Waals surface area contributed by atoms with Crippen LogP contribution in [0.2, 0.25) is 5.02 Å². The van der Waals surface area contributed by atoms with E-state index in [4.69, 9.17) is 28.6 Å². The van der Waals surface area contributed by atoms with Gasteiger partial charge in [-0.15, -0.1) is 11.3 Å². The first-order valence-corrected chi connectivity index (χ1v) is 11.4. The molecule has 7 heteroatoms. The van der Waals surface area contributed by atoms with Crippen LogP contribution < -0.4 is 10.6 Å². The van der Waals surface area contributed by atoms with Gasteiger partial charge in [0.1, 0.15) is 4.88 Å². The molecule has 0 radical (unpaired) electrons. The molecule has 0 aliphatic carbocycles. The summed E-state index contributed by atoms with van der Waals surface area (Å²) >= 11 is 13.2. The van der Waals surface area contributed by atoms with Crippen molar-refractivity contribution in [2.24, 2.45) is 0 Å². The highest BCUT2D eigenvalue weighted by molar-refractivity contribution is 7.80. The van der Waals surface area contributed by atoms with Gasteiger partial charge in [0, 0.05) is 15.8 Å². The number of hydrogen-bond acceptors (Lipinski definition) is 4. The number of benzene rings is 2. The summed E-state index contributed by atoms with van der Waals surface area (Å²) in [4.78, 5) is 12.3. The summed E-state index contributed by atoms with van der Waals surface area (Å²) in [5.41, 5.74) is 3.36. The van der Waals surface area contributed by atoms with Gasteiger partial charge in [0.05, 0.1) is 18.2 Å². The third kappa shape index (κ3) is 4.94. The molecule has 0 spiro atoms. The zero-order chi connectivity index (χ0) is 21.8. The molecule has 3 rings (SSSR count). The molecular weight excluding hydrogens is 436 g/mol. The number of rotatable bonds is 6. The van der Waals surface area contributed by atoms with E-state index in [2.05, 4.69) is 55.7 Å². The number of fused-ring (bicyclic) bond motifs is 1. The molecule has 0 fully saturated rings. The fourth-order valence-electron chi connectivity index (χ4n) is 3.23. The number of hydrogen-bond donors (Lipinski definition) is 2. The highest BCUT2D eigenvalue weighted by Crippen LogP contribution is 2.37. The van der Waals surface area contributed by atoms with Crippen LogP contribution in [0.25, 0.3) is 10.1 Å². The van der Waals surface area contributed by atoms with E-state index in [0.29, 0.717) is 20.9 Å². The highest BCUT2D eigenvalue weighted by Gasteiger charge is 2.18. The Morgan fingerprint density at radius 3 is 2.43 bits per heavy atom. The highest BCUT2D eigenvalue weighted by atomic mass is 35.5. The molecule has 0 aliphatic rings. The zero-order valence-electron chi connectivity index (χ0n) is 17.4. The number of anilines is 1. The maximum absolute atomic E-state index is 11.9. The number of thiocarbonyl (C=S) groups is 1. The number of nitrogens with one attached hydrogen (secondary N) is 2. The summed E-state index contributed by atoms with van der Waals surface area (Å²) in [6, 6.07) is 14.5. The van der Waals surface area contributed by atoms with Crippen molar-refractivity contribution in [1.82, 2.24) is 5.32 Å². The van der Waals surface area contributed by atoms with Crippen LogP contribution in [0.3, 0.4) is 0 Å². The lowest BCUT2D eigenvalue weighted by atomic mass is 9.98. The lowest BCUT2D eigenvalue weighted by molar-refractivity contribution is 0.0606. The number of halogens is 1. The first kappa shape index (κ1) is 22.5. The van der Waals surface area contributed by atoms with Gasteiger partial charge in [-0.3, -0.25) is 0 Å². The van der Waals surface area contributed by atoms with Crippen molar-refractivity contribution in [3.8, 4) is 0 Å². The molecule has 1 heterocycles. The SMILES string of the molecule is CCC(NC(=S)Nc1ccc2c(Cl)c(C(=O)OC)sc2c1)c1ccc(C(C)C)cc1. The van der Waals surface area contributed by atoms with E-state index in [-0.39, 0.29) is 6.04 Å². The maximum atomic E-state index is 11.9. The average Bonchev–Trinajstić information content (AvgIpc) is 3.07. The van der Waals surface area contributed by atoms with Crippen LogP contribution >= 0.6 is 35.2 Å². The van der Waals surface area contributed by atoms with Crippen LogP contribution in [0.5, 0.6) is 0 Å². The van der Waals surface area contributed by atoms with Crippen molar-refractivity contribution in [1.29, 1.82) is 0 Å². The topological polar surface area (TPSA) is 50.4 Å². The second-order valence-electron chi connectivity index (χ2n) is 7.33. The quantitative estimate of drug-likeness (QED) is 0.309. The van der Waals surface area contributed by atoms with Crippen LogP contribution in [0.1, 0.15) is 60.0 Å². The smallest absolute Gasteiger partial charge is 0.349 e. The van der Waals surface area contributed by atoms with Crippen LogP contribution in [-0.4, -0.2) is 18.2 Å². The number of esters is 1. The molecule has 1 unspecified atom stereocenters. The Kier molecular flexibility index (Phi) is 7.34. The summed E-state index contributed by atoms with van der Waals surface area (Å²) in [5, 5.41) is 8.42. The second kappa shape index (κ2) is 9.77. The minimum atomic E-state index is -0.429. The Bertz CT molecular complexity index is 1060. The summed E-state index contributed by atoms with van der Waals surface area (Å²) in [6.45, 7) is 6.51. The minimum Gasteiger partial charge on any atom is -0.465 e. The summed E-state index contributed by atoms with van der Waals surface area (Å²) < 4.78 is 5.69. The first-order valence-electron chi connectivity index (χ1n) is 9.81. The molecule has 0 saturated carbocycles. The molecule has 0 bridgehead atoms. The summed E-state index contributed by atoms with van der Waals surface area (Å²) in [6.07, 6.45) is 0.908. The average molecular weight is 461 g/mol. The van der Waals surface area contributed by atoms with Crippen LogP contribution in [0.15, 0.2) is 42.5 Å². The van der Waals surface area contributed by atoms with E-state index in [9.17, 15) is 4.79 Å². The van der Waals surface area contributed by atoms with E-state index in [1.54, 1.807) is 0 Å². The molecule has 158 valence electrons. The summed E-state index contributed by atoms with van der Waals surface area (Å²) in [7, 11) is 1.35. The van der Waals surface area contributed by atoms with Gasteiger partial charge in [-0.05, 0) is 53.9 Å². The molecule has 0 saturated heterocycles. The fourth-order valence-corrected chi connectivity index (χ4v) is 4.95. The molecule has 1 atom stereocenters. The van der Waals surface area contributed by atoms with E-state index in [1.165, 1.54) is 29.6 Å². The van der Waals surface area contributed by atoms with Crippen LogP contribution in [0.4, 0.5) is 5.69 Å². The molecule has 2 N–H and O–H groups in total. The molecular formula is C23H25ClN2O2S2. The number of carbonyl (C=O) groups excluding carboxylic acids is 1. The van der Waals surface area contributed by atoms with E-state index >= 15 is 0 Å². The van der Waals surface area contributed by atoms with Crippen LogP contribution in [0, 0.1) is 0 Å². The van der Waals surface area contributed by atoms with Gasteiger partial charge in [0.2, 0.25) is 0 Å². The summed E-state index contributed by atoms with van der Waals surface area (Å²) in [5.74, 6) is 0.0809. The van der Waals surface area contributed by atoms with E-state index in [1.807, 2.05) is 18.2 Å². The minimum absolute atomic E-state index is 0.122. The zero-order valence-corrected chi connectivity index (χ0v) is 19.8. The molecule has 2 aromatic carbocycles. The second-order valence-corrected chi connectivity index (χ2v) is 9.17. The fraction of sp³-hybridized carbons (Fsp3) is 0.304.